The SMILES string of the molecule is CC(C)c1ccccc1OCCNC(=O)c1cc(S(=O)(=O)N2CCOCC2)ccc1Cl. The zero-order valence-electron chi connectivity index (χ0n) is 17.6. The molecule has 9 heteroatoms. The van der Waals surface area contributed by atoms with Crippen molar-refractivity contribution in [1.82, 2.24) is 9.62 Å². The van der Waals surface area contributed by atoms with Crippen LogP contribution in [-0.4, -0.2) is 58.1 Å². The minimum absolute atomic E-state index is 0.0334. The van der Waals surface area contributed by atoms with Crippen molar-refractivity contribution in [3.63, 3.8) is 0 Å². The Morgan fingerprint density at radius 2 is 1.90 bits per heavy atom. The fourth-order valence-electron chi connectivity index (χ4n) is 3.28. The van der Waals surface area contributed by atoms with E-state index in [2.05, 4.69) is 19.2 Å². The maximum Gasteiger partial charge on any atom is 0.252 e. The summed E-state index contributed by atoms with van der Waals surface area (Å²) in [5.74, 6) is 0.647. The van der Waals surface area contributed by atoms with Crippen LogP contribution in [0.25, 0.3) is 0 Å². The Labute approximate surface area is 188 Å². The summed E-state index contributed by atoms with van der Waals surface area (Å²) in [6.45, 7) is 5.96. The summed E-state index contributed by atoms with van der Waals surface area (Å²) in [6, 6.07) is 11.9. The number of sulfonamides is 1. The second-order valence-electron chi connectivity index (χ2n) is 7.45. The molecule has 1 aliphatic heterocycles. The lowest BCUT2D eigenvalue weighted by Gasteiger charge is -2.26. The third-order valence-electron chi connectivity index (χ3n) is 4.98. The number of nitrogens with one attached hydrogen (secondary N) is 1. The molecule has 1 saturated heterocycles. The number of hydrogen-bond donors (Lipinski definition) is 1. The average Bonchev–Trinajstić information content (AvgIpc) is 2.77. The molecule has 0 radical (unpaired) electrons. The molecule has 0 spiro atoms. The smallest absolute Gasteiger partial charge is 0.252 e. The van der Waals surface area contributed by atoms with E-state index in [1.54, 1.807) is 0 Å². The van der Waals surface area contributed by atoms with E-state index >= 15 is 0 Å². The van der Waals surface area contributed by atoms with Crippen molar-refractivity contribution in [3.8, 4) is 5.75 Å². The van der Waals surface area contributed by atoms with E-state index in [4.69, 9.17) is 21.1 Å². The number of para-hydroxylation sites is 1. The van der Waals surface area contributed by atoms with Crippen LogP contribution in [0.15, 0.2) is 47.4 Å². The number of morpholine rings is 1. The second-order valence-corrected chi connectivity index (χ2v) is 9.80. The van der Waals surface area contributed by atoms with Crippen molar-refractivity contribution in [3.05, 3.63) is 58.6 Å². The van der Waals surface area contributed by atoms with Crippen LogP contribution in [0.4, 0.5) is 0 Å². The molecule has 1 N–H and O–H groups in total. The first-order chi connectivity index (χ1) is 14.8. The zero-order valence-corrected chi connectivity index (χ0v) is 19.2. The Morgan fingerprint density at radius 1 is 1.19 bits per heavy atom. The second kappa shape index (κ2) is 10.5. The molecule has 2 aromatic rings. The highest BCUT2D eigenvalue weighted by atomic mass is 35.5. The topological polar surface area (TPSA) is 84.9 Å². The first-order valence-electron chi connectivity index (χ1n) is 10.2. The molecular weight excluding hydrogens is 440 g/mol. The highest BCUT2D eigenvalue weighted by molar-refractivity contribution is 7.89. The van der Waals surface area contributed by atoms with E-state index in [1.165, 1.54) is 22.5 Å². The van der Waals surface area contributed by atoms with Crippen molar-refractivity contribution < 1.29 is 22.7 Å². The maximum atomic E-state index is 12.9. The van der Waals surface area contributed by atoms with Crippen LogP contribution in [0.2, 0.25) is 5.02 Å². The summed E-state index contributed by atoms with van der Waals surface area (Å²) in [7, 11) is -3.72. The van der Waals surface area contributed by atoms with Crippen molar-refractivity contribution in [2.75, 3.05) is 39.5 Å². The fourth-order valence-corrected chi connectivity index (χ4v) is 4.92. The average molecular weight is 467 g/mol. The summed E-state index contributed by atoms with van der Waals surface area (Å²) in [6.07, 6.45) is 0. The van der Waals surface area contributed by atoms with E-state index in [1.807, 2.05) is 24.3 Å². The molecule has 168 valence electrons. The highest BCUT2D eigenvalue weighted by Gasteiger charge is 2.27. The van der Waals surface area contributed by atoms with Gasteiger partial charge in [0.05, 0.1) is 35.2 Å². The van der Waals surface area contributed by atoms with Crippen molar-refractivity contribution in [2.45, 2.75) is 24.7 Å². The molecule has 0 aromatic heterocycles. The Balaban J connectivity index is 1.63. The number of hydrogen-bond acceptors (Lipinski definition) is 5. The van der Waals surface area contributed by atoms with Crippen molar-refractivity contribution in [2.24, 2.45) is 0 Å². The van der Waals surface area contributed by atoms with Gasteiger partial charge in [-0.25, -0.2) is 8.42 Å². The molecule has 0 unspecified atom stereocenters. The standard InChI is InChI=1S/C22H27ClN2O5S/c1-16(2)18-5-3-4-6-21(18)30-12-9-24-22(26)19-15-17(7-8-20(19)23)31(27,28)25-10-13-29-14-11-25/h3-8,15-16H,9-14H2,1-2H3,(H,24,26). The molecule has 0 aliphatic carbocycles. The van der Waals surface area contributed by atoms with Crippen LogP contribution in [0.1, 0.15) is 35.7 Å². The largest absolute Gasteiger partial charge is 0.491 e. The number of rotatable bonds is 8. The number of ether oxygens (including phenoxy) is 2. The van der Waals surface area contributed by atoms with Gasteiger partial charge in [-0.2, -0.15) is 4.31 Å². The molecule has 0 atom stereocenters. The molecule has 0 bridgehead atoms. The van der Waals surface area contributed by atoms with Crippen LogP contribution in [0.3, 0.4) is 0 Å². The molecule has 0 saturated carbocycles. The van der Waals surface area contributed by atoms with Crippen LogP contribution < -0.4 is 10.1 Å². The van der Waals surface area contributed by atoms with Gasteiger partial charge in [-0.05, 0) is 35.7 Å². The molecule has 31 heavy (non-hydrogen) atoms. The third kappa shape index (κ3) is 5.77. The summed E-state index contributed by atoms with van der Waals surface area (Å²) >= 11 is 6.17. The van der Waals surface area contributed by atoms with Gasteiger partial charge >= 0.3 is 0 Å². The van der Waals surface area contributed by atoms with Crippen LogP contribution in [-0.2, 0) is 14.8 Å². The lowest BCUT2D eigenvalue weighted by atomic mass is 10.0. The minimum Gasteiger partial charge on any atom is -0.491 e. The van der Waals surface area contributed by atoms with E-state index in [9.17, 15) is 13.2 Å². The molecule has 1 heterocycles. The van der Waals surface area contributed by atoms with E-state index in [0.717, 1.165) is 11.3 Å². The first-order valence-corrected chi connectivity index (χ1v) is 12.0. The van der Waals surface area contributed by atoms with Gasteiger partial charge in [0, 0.05) is 13.1 Å². The Hall–Kier alpha value is -2.13. The summed E-state index contributed by atoms with van der Waals surface area (Å²) in [5.41, 5.74) is 1.21. The molecule has 1 amide bonds. The normalized spacial score (nSPS) is 15.1. The minimum atomic E-state index is -3.72. The van der Waals surface area contributed by atoms with Crippen LogP contribution in [0.5, 0.6) is 5.75 Å². The number of benzene rings is 2. The van der Waals surface area contributed by atoms with Gasteiger partial charge in [0.2, 0.25) is 10.0 Å². The number of carbonyl (C=O) groups is 1. The van der Waals surface area contributed by atoms with Gasteiger partial charge < -0.3 is 14.8 Å². The summed E-state index contributed by atoms with van der Waals surface area (Å²) < 4.78 is 38.1. The van der Waals surface area contributed by atoms with Gasteiger partial charge in [-0.15, -0.1) is 0 Å². The van der Waals surface area contributed by atoms with Gasteiger partial charge in [-0.1, -0.05) is 43.6 Å². The predicted octanol–water partition coefficient (Wildman–Crippen LogP) is 3.29. The Morgan fingerprint density at radius 3 is 2.61 bits per heavy atom. The summed E-state index contributed by atoms with van der Waals surface area (Å²) in [4.78, 5) is 12.7. The highest BCUT2D eigenvalue weighted by Crippen LogP contribution is 2.26. The number of carbonyl (C=O) groups excluding carboxylic acids is 1. The number of amides is 1. The Bertz CT molecular complexity index is 1020. The monoisotopic (exact) mass is 466 g/mol. The molecule has 3 rings (SSSR count). The van der Waals surface area contributed by atoms with E-state index < -0.39 is 15.9 Å². The van der Waals surface area contributed by atoms with Crippen LogP contribution in [0, 0.1) is 0 Å². The lowest BCUT2D eigenvalue weighted by Crippen LogP contribution is -2.40. The lowest BCUT2D eigenvalue weighted by molar-refractivity contribution is 0.0730. The predicted molar refractivity (Wildman–Crippen MR) is 119 cm³/mol. The third-order valence-corrected chi connectivity index (χ3v) is 7.20. The van der Waals surface area contributed by atoms with Gasteiger partial charge in [0.15, 0.2) is 0 Å². The fraction of sp³-hybridized carbons (Fsp3) is 0.409. The van der Waals surface area contributed by atoms with E-state index in [-0.39, 0.29) is 41.7 Å². The number of nitrogens with zero attached hydrogens (tertiary/aromatic N) is 1. The number of halogens is 1. The maximum absolute atomic E-state index is 12.9. The summed E-state index contributed by atoms with van der Waals surface area (Å²) in [5, 5.41) is 2.92. The van der Waals surface area contributed by atoms with E-state index in [0.29, 0.717) is 19.1 Å². The van der Waals surface area contributed by atoms with Gasteiger partial charge in [0.25, 0.3) is 5.91 Å². The molecular formula is C22H27ClN2O5S. The molecule has 7 nitrogen and oxygen atoms in total. The molecule has 2 aromatic carbocycles. The van der Waals surface area contributed by atoms with Crippen molar-refractivity contribution >= 4 is 27.5 Å². The molecule has 1 aliphatic rings. The van der Waals surface area contributed by atoms with Gasteiger partial charge in [-0.3, -0.25) is 4.79 Å². The van der Waals surface area contributed by atoms with Crippen molar-refractivity contribution in [1.29, 1.82) is 0 Å². The zero-order chi connectivity index (χ0) is 22.4. The van der Waals surface area contributed by atoms with Gasteiger partial charge in [0.1, 0.15) is 12.4 Å². The quantitative estimate of drug-likeness (QED) is 0.603. The molecule has 1 fully saturated rings. The Kier molecular flexibility index (Phi) is 7.94. The van der Waals surface area contributed by atoms with Crippen LogP contribution >= 0.6 is 11.6 Å². The first kappa shape index (κ1) is 23.5.